The van der Waals surface area contributed by atoms with Crippen LogP contribution in [-0.2, 0) is 13.0 Å². The third kappa shape index (κ3) is 4.90. The molecule has 0 amide bonds. The van der Waals surface area contributed by atoms with Gasteiger partial charge in [0.25, 0.3) is 0 Å². The van der Waals surface area contributed by atoms with Crippen LogP contribution in [0.1, 0.15) is 17.0 Å². The summed E-state index contributed by atoms with van der Waals surface area (Å²) in [5, 5.41) is 14.8. The van der Waals surface area contributed by atoms with E-state index in [1.807, 2.05) is 34.9 Å². The van der Waals surface area contributed by atoms with E-state index in [0.717, 1.165) is 23.5 Å². The molecule has 0 fully saturated rings. The lowest BCUT2D eigenvalue weighted by Crippen LogP contribution is -2.38. The van der Waals surface area contributed by atoms with Crippen molar-refractivity contribution < 1.29 is 4.39 Å². The molecule has 0 saturated heterocycles. The van der Waals surface area contributed by atoms with Crippen molar-refractivity contribution in [2.75, 3.05) is 13.6 Å². The molecule has 1 aromatic carbocycles. The van der Waals surface area contributed by atoms with Gasteiger partial charge in [0.05, 0.1) is 0 Å². The maximum Gasteiger partial charge on any atom is 0.191 e. The molecule has 8 heteroatoms. The minimum Gasteiger partial charge on any atom is -0.356 e. The highest BCUT2D eigenvalue weighted by Gasteiger charge is 2.05. The molecule has 0 aliphatic carbocycles. The van der Waals surface area contributed by atoms with Crippen LogP contribution in [0.25, 0.3) is 5.65 Å². The Kier molecular flexibility index (Phi) is 7.31. The fraction of sp³-hybridized carbons (Fsp3) is 0.278. The third-order valence-electron chi connectivity index (χ3n) is 3.93. The van der Waals surface area contributed by atoms with E-state index in [1.165, 1.54) is 6.07 Å². The number of aryl methyl sites for hydroxylation is 1. The van der Waals surface area contributed by atoms with Crippen LogP contribution < -0.4 is 10.6 Å². The van der Waals surface area contributed by atoms with Crippen LogP contribution in [0.4, 0.5) is 4.39 Å². The first kappa shape index (κ1) is 20.1. The fourth-order valence-electron chi connectivity index (χ4n) is 2.58. The number of nitrogens with one attached hydrogen (secondary N) is 2. The van der Waals surface area contributed by atoms with Crippen molar-refractivity contribution in [1.29, 1.82) is 0 Å². The molecule has 0 spiro atoms. The summed E-state index contributed by atoms with van der Waals surface area (Å²) in [4.78, 5) is 4.20. The van der Waals surface area contributed by atoms with Crippen LogP contribution in [0, 0.1) is 12.7 Å². The van der Waals surface area contributed by atoms with E-state index in [1.54, 1.807) is 20.0 Å². The number of rotatable bonds is 5. The number of aromatic nitrogens is 3. The van der Waals surface area contributed by atoms with Crippen molar-refractivity contribution in [2.45, 2.75) is 19.9 Å². The van der Waals surface area contributed by atoms with Crippen LogP contribution in [0.3, 0.4) is 0 Å². The molecule has 3 rings (SSSR count). The van der Waals surface area contributed by atoms with Crippen LogP contribution >= 0.6 is 24.0 Å². The molecule has 0 bridgehead atoms. The molecule has 0 saturated carbocycles. The van der Waals surface area contributed by atoms with E-state index in [-0.39, 0.29) is 29.8 Å². The van der Waals surface area contributed by atoms with E-state index in [9.17, 15) is 4.39 Å². The van der Waals surface area contributed by atoms with Crippen LogP contribution in [-0.4, -0.2) is 34.2 Å². The number of fused-ring (bicyclic) bond motifs is 1. The molecule has 2 aromatic heterocycles. The Morgan fingerprint density at radius 3 is 2.81 bits per heavy atom. The molecule has 138 valence electrons. The number of nitrogens with zero attached hydrogens (tertiary/aromatic N) is 4. The van der Waals surface area contributed by atoms with Gasteiger partial charge in [-0.3, -0.25) is 9.39 Å². The van der Waals surface area contributed by atoms with Crippen LogP contribution in [0.15, 0.2) is 47.6 Å². The summed E-state index contributed by atoms with van der Waals surface area (Å²) in [7, 11) is 1.72. The Labute approximate surface area is 169 Å². The summed E-state index contributed by atoms with van der Waals surface area (Å²) < 4.78 is 15.3. The Hall–Kier alpha value is -2.23. The molecular formula is C18H22FIN6. The third-order valence-corrected chi connectivity index (χ3v) is 3.93. The number of benzene rings is 1. The second kappa shape index (κ2) is 9.46. The van der Waals surface area contributed by atoms with Gasteiger partial charge in [0.15, 0.2) is 11.6 Å². The quantitative estimate of drug-likeness (QED) is 0.344. The molecule has 3 aromatic rings. The van der Waals surface area contributed by atoms with Gasteiger partial charge in [-0.05, 0) is 36.2 Å². The highest BCUT2D eigenvalue weighted by molar-refractivity contribution is 14.0. The van der Waals surface area contributed by atoms with Gasteiger partial charge in [-0.25, -0.2) is 4.39 Å². The zero-order chi connectivity index (χ0) is 17.6. The summed E-state index contributed by atoms with van der Waals surface area (Å²) in [5.74, 6) is 1.40. The average Bonchev–Trinajstić information content (AvgIpc) is 3.04. The molecule has 0 radical (unpaired) electrons. The number of hydrogen-bond donors (Lipinski definition) is 2. The first-order chi connectivity index (χ1) is 12.2. The minimum atomic E-state index is -0.188. The SMILES string of the molecule is CN=C(NCCc1nnc2ccccn12)NCc1ccc(F)c(C)c1.I. The number of guanidine groups is 1. The van der Waals surface area contributed by atoms with Gasteiger partial charge in [-0.15, -0.1) is 34.2 Å². The molecule has 26 heavy (non-hydrogen) atoms. The number of halogens is 2. The zero-order valence-corrected chi connectivity index (χ0v) is 17.1. The molecular weight excluding hydrogens is 446 g/mol. The van der Waals surface area contributed by atoms with Gasteiger partial charge in [-0.1, -0.05) is 18.2 Å². The van der Waals surface area contributed by atoms with Crippen LogP contribution in [0.5, 0.6) is 0 Å². The molecule has 2 N–H and O–H groups in total. The van der Waals surface area contributed by atoms with Crippen molar-refractivity contribution in [3.8, 4) is 0 Å². The smallest absolute Gasteiger partial charge is 0.191 e. The number of pyridine rings is 1. The van der Waals surface area contributed by atoms with Crippen molar-refractivity contribution in [1.82, 2.24) is 25.2 Å². The molecule has 6 nitrogen and oxygen atoms in total. The summed E-state index contributed by atoms with van der Waals surface area (Å²) in [6, 6.07) is 10.9. The average molecular weight is 468 g/mol. The summed E-state index contributed by atoms with van der Waals surface area (Å²) >= 11 is 0. The number of hydrogen-bond acceptors (Lipinski definition) is 3. The van der Waals surface area contributed by atoms with Gasteiger partial charge < -0.3 is 10.6 Å². The van der Waals surface area contributed by atoms with Gasteiger partial charge >= 0.3 is 0 Å². The van der Waals surface area contributed by atoms with E-state index >= 15 is 0 Å². The van der Waals surface area contributed by atoms with Crippen LogP contribution in [0.2, 0.25) is 0 Å². The van der Waals surface area contributed by atoms with Gasteiger partial charge in [-0.2, -0.15) is 0 Å². The largest absolute Gasteiger partial charge is 0.356 e. The lowest BCUT2D eigenvalue weighted by molar-refractivity contribution is 0.617. The van der Waals surface area contributed by atoms with Crippen molar-refractivity contribution >= 4 is 35.6 Å². The van der Waals surface area contributed by atoms with Gasteiger partial charge in [0.1, 0.15) is 11.6 Å². The highest BCUT2D eigenvalue weighted by atomic mass is 127. The Bertz CT molecular complexity index is 892. The Morgan fingerprint density at radius 2 is 2.04 bits per heavy atom. The molecule has 0 aliphatic heterocycles. The minimum absolute atomic E-state index is 0. The first-order valence-corrected chi connectivity index (χ1v) is 8.15. The van der Waals surface area contributed by atoms with Gasteiger partial charge in [0.2, 0.25) is 0 Å². The second-order valence-electron chi connectivity index (χ2n) is 5.73. The summed E-state index contributed by atoms with van der Waals surface area (Å²) in [6.07, 6.45) is 2.68. The van der Waals surface area contributed by atoms with Crippen molar-refractivity contribution in [3.63, 3.8) is 0 Å². The summed E-state index contributed by atoms with van der Waals surface area (Å²) in [6.45, 7) is 3.02. The standard InChI is InChI=1S/C18H21FN6.HI/c1-13-11-14(6-7-15(13)19)12-22-18(20-2)21-9-8-17-24-23-16-5-3-4-10-25(16)17;/h3-7,10-11H,8-9,12H2,1-2H3,(H2,20,21,22);1H. The zero-order valence-electron chi connectivity index (χ0n) is 14.7. The van der Waals surface area contributed by atoms with Gasteiger partial charge in [0, 0.05) is 32.8 Å². The summed E-state index contributed by atoms with van der Waals surface area (Å²) in [5.41, 5.74) is 2.48. The first-order valence-electron chi connectivity index (χ1n) is 8.15. The monoisotopic (exact) mass is 468 g/mol. The Balaban J connectivity index is 0.00000243. The van der Waals surface area contributed by atoms with Crippen molar-refractivity contribution in [3.05, 3.63) is 65.4 Å². The molecule has 0 aliphatic rings. The van der Waals surface area contributed by atoms with Crippen molar-refractivity contribution in [2.24, 2.45) is 4.99 Å². The highest BCUT2D eigenvalue weighted by Crippen LogP contribution is 2.08. The molecule has 0 atom stereocenters. The second-order valence-corrected chi connectivity index (χ2v) is 5.73. The van der Waals surface area contributed by atoms with E-state index in [4.69, 9.17) is 0 Å². The van der Waals surface area contributed by atoms with E-state index < -0.39 is 0 Å². The molecule has 0 unspecified atom stereocenters. The maximum absolute atomic E-state index is 13.3. The normalized spacial score (nSPS) is 11.3. The predicted octanol–water partition coefficient (Wildman–Crippen LogP) is 2.70. The lowest BCUT2D eigenvalue weighted by atomic mass is 10.1. The predicted molar refractivity (Wildman–Crippen MR) is 111 cm³/mol. The topological polar surface area (TPSA) is 66.6 Å². The molecule has 2 heterocycles. The fourth-order valence-corrected chi connectivity index (χ4v) is 2.58. The number of aliphatic imine (C=N–C) groups is 1. The van der Waals surface area contributed by atoms with E-state index in [0.29, 0.717) is 24.6 Å². The maximum atomic E-state index is 13.3. The van der Waals surface area contributed by atoms with E-state index in [2.05, 4.69) is 25.8 Å². The Morgan fingerprint density at radius 1 is 1.19 bits per heavy atom. The lowest BCUT2D eigenvalue weighted by Gasteiger charge is -2.12.